The number of benzene rings is 3. The molecule has 1 saturated heterocycles. The van der Waals surface area contributed by atoms with Crippen molar-refractivity contribution in [1.29, 1.82) is 0 Å². The number of carbonyl (C=O) groups is 1. The maximum Gasteiger partial charge on any atom is 0.314 e. The third-order valence-corrected chi connectivity index (χ3v) is 6.68. The topological polar surface area (TPSA) is 53.9 Å². The summed E-state index contributed by atoms with van der Waals surface area (Å²) in [4.78, 5) is 13.4. The lowest BCUT2D eigenvalue weighted by atomic mass is 9.95. The summed E-state index contributed by atoms with van der Waals surface area (Å²) < 4.78 is 6.53. The van der Waals surface area contributed by atoms with Gasteiger partial charge >= 0.3 is 5.85 Å². The van der Waals surface area contributed by atoms with Crippen LogP contribution >= 0.6 is 11.8 Å². The van der Waals surface area contributed by atoms with Crippen molar-refractivity contribution >= 4 is 28.8 Å². The number of fused-ring (bicyclic) bond motifs is 4. The Morgan fingerprint density at radius 1 is 1.00 bits per heavy atom. The molecule has 5 nitrogen and oxygen atoms in total. The summed E-state index contributed by atoms with van der Waals surface area (Å²) in [6.45, 7) is 0. The average Bonchev–Trinajstić information content (AvgIpc) is 3.38. The van der Waals surface area contributed by atoms with Gasteiger partial charge in [-0.05, 0) is 35.0 Å². The second-order valence-electron chi connectivity index (χ2n) is 7.69. The number of hydrazone groups is 1. The van der Waals surface area contributed by atoms with Crippen molar-refractivity contribution < 1.29 is 9.53 Å². The molecule has 0 saturated carbocycles. The van der Waals surface area contributed by atoms with Gasteiger partial charge in [-0.1, -0.05) is 78.9 Å². The summed E-state index contributed by atoms with van der Waals surface area (Å²) in [6, 6.07) is 28.1. The van der Waals surface area contributed by atoms with Crippen LogP contribution in [0.25, 0.3) is 6.08 Å². The van der Waals surface area contributed by atoms with E-state index in [1.807, 2.05) is 77.8 Å². The van der Waals surface area contributed by atoms with Gasteiger partial charge in [0.15, 0.2) is 0 Å². The molecule has 6 heteroatoms. The minimum absolute atomic E-state index is 0.0293. The molecule has 0 aromatic heterocycles. The fourth-order valence-electron chi connectivity index (χ4n) is 4.37. The lowest BCUT2D eigenvalue weighted by Gasteiger charge is -2.45. The Kier molecular flexibility index (Phi) is 4.14. The molecule has 3 aromatic rings. The van der Waals surface area contributed by atoms with Gasteiger partial charge < -0.3 is 4.74 Å². The number of amides is 1. The predicted octanol–water partition coefficient (Wildman–Crippen LogP) is 5.38. The Hall–Kier alpha value is -3.51. The summed E-state index contributed by atoms with van der Waals surface area (Å²) in [5, 5.41) is 9.86. The SMILES string of the molecule is O=C1N[C@]2(Oc3ccccc3[C@H]3CC(c4ccccc4)=NN32)/C(=C/c2ccccc2)S1. The van der Waals surface area contributed by atoms with Crippen LogP contribution in [-0.2, 0) is 0 Å². The van der Waals surface area contributed by atoms with Crippen molar-refractivity contribution in [2.45, 2.75) is 18.3 Å². The van der Waals surface area contributed by atoms with E-state index >= 15 is 0 Å². The Balaban J connectivity index is 1.52. The van der Waals surface area contributed by atoms with Crippen LogP contribution in [-0.4, -0.2) is 21.8 Å². The van der Waals surface area contributed by atoms with Gasteiger partial charge in [-0.15, -0.1) is 0 Å². The lowest BCUT2D eigenvalue weighted by molar-refractivity contribution is -0.0949. The number of carbonyl (C=O) groups excluding carboxylic acids is 1. The molecule has 2 atom stereocenters. The fraction of sp³-hybridized carbons (Fsp3) is 0.120. The van der Waals surface area contributed by atoms with Crippen molar-refractivity contribution in [3.05, 3.63) is 107 Å². The summed E-state index contributed by atoms with van der Waals surface area (Å²) in [5.74, 6) is -0.386. The number of nitrogens with one attached hydrogen (secondary N) is 1. The molecule has 1 spiro atoms. The van der Waals surface area contributed by atoms with Gasteiger partial charge in [0.25, 0.3) is 5.24 Å². The Bertz CT molecular complexity index is 1230. The van der Waals surface area contributed by atoms with E-state index in [4.69, 9.17) is 9.84 Å². The number of para-hydroxylation sites is 1. The first kappa shape index (κ1) is 18.3. The van der Waals surface area contributed by atoms with Crippen molar-refractivity contribution in [1.82, 2.24) is 10.3 Å². The van der Waals surface area contributed by atoms with Crippen molar-refractivity contribution in [2.75, 3.05) is 0 Å². The van der Waals surface area contributed by atoms with E-state index < -0.39 is 5.85 Å². The molecule has 0 bridgehead atoms. The fourth-order valence-corrected chi connectivity index (χ4v) is 5.28. The van der Waals surface area contributed by atoms with Crippen LogP contribution in [0, 0.1) is 0 Å². The monoisotopic (exact) mass is 425 g/mol. The van der Waals surface area contributed by atoms with E-state index in [-0.39, 0.29) is 11.3 Å². The molecule has 3 aliphatic heterocycles. The number of ether oxygens (including phenoxy) is 1. The molecule has 152 valence electrons. The maximum atomic E-state index is 12.6. The van der Waals surface area contributed by atoms with Crippen molar-refractivity contribution in [2.24, 2.45) is 5.10 Å². The van der Waals surface area contributed by atoms with Crippen LogP contribution in [0.1, 0.15) is 29.2 Å². The smallest absolute Gasteiger partial charge is 0.314 e. The van der Waals surface area contributed by atoms with E-state index in [0.717, 1.165) is 51.2 Å². The maximum absolute atomic E-state index is 12.6. The van der Waals surface area contributed by atoms with Crippen molar-refractivity contribution in [3.63, 3.8) is 0 Å². The minimum Gasteiger partial charge on any atom is -0.444 e. The minimum atomic E-state index is -1.16. The highest BCUT2D eigenvalue weighted by Gasteiger charge is 2.58. The zero-order chi connectivity index (χ0) is 20.8. The molecule has 1 amide bonds. The van der Waals surface area contributed by atoms with Gasteiger partial charge in [0.05, 0.1) is 16.7 Å². The molecular formula is C25H19N3O2S. The lowest BCUT2D eigenvalue weighted by Crippen LogP contribution is -2.61. The van der Waals surface area contributed by atoms with Crippen LogP contribution < -0.4 is 10.1 Å². The van der Waals surface area contributed by atoms with Gasteiger partial charge in [0.1, 0.15) is 5.75 Å². The number of nitrogens with zero attached hydrogens (tertiary/aromatic N) is 2. The van der Waals surface area contributed by atoms with E-state index in [9.17, 15) is 4.79 Å². The Morgan fingerprint density at radius 2 is 1.71 bits per heavy atom. The Labute approximate surface area is 184 Å². The first-order valence-electron chi connectivity index (χ1n) is 10.2. The van der Waals surface area contributed by atoms with Crippen LogP contribution in [0.4, 0.5) is 4.79 Å². The second kappa shape index (κ2) is 7.03. The third kappa shape index (κ3) is 2.94. The van der Waals surface area contributed by atoms with Gasteiger partial charge in [-0.25, -0.2) is 5.01 Å². The number of rotatable bonds is 2. The largest absolute Gasteiger partial charge is 0.444 e. The Morgan fingerprint density at radius 3 is 2.52 bits per heavy atom. The van der Waals surface area contributed by atoms with Crippen molar-refractivity contribution in [3.8, 4) is 5.75 Å². The summed E-state index contributed by atoms with van der Waals surface area (Å²) in [7, 11) is 0. The zero-order valence-electron chi connectivity index (χ0n) is 16.6. The third-order valence-electron chi connectivity index (χ3n) is 5.78. The second-order valence-corrected chi connectivity index (χ2v) is 8.71. The molecule has 0 radical (unpaired) electrons. The van der Waals surface area contributed by atoms with Crippen LogP contribution in [0.3, 0.4) is 0 Å². The average molecular weight is 426 g/mol. The highest BCUT2D eigenvalue weighted by atomic mass is 32.2. The number of hydrogen-bond donors (Lipinski definition) is 1. The highest BCUT2D eigenvalue weighted by molar-refractivity contribution is 8.17. The van der Waals surface area contributed by atoms with Crippen LogP contribution in [0.2, 0.25) is 0 Å². The van der Waals surface area contributed by atoms with E-state index in [2.05, 4.69) is 23.5 Å². The van der Waals surface area contributed by atoms with Crippen LogP contribution in [0.15, 0.2) is 94.9 Å². The zero-order valence-corrected chi connectivity index (χ0v) is 17.4. The highest BCUT2D eigenvalue weighted by Crippen LogP contribution is 2.52. The predicted molar refractivity (Wildman–Crippen MR) is 123 cm³/mol. The van der Waals surface area contributed by atoms with Gasteiger partial charge in [-0.3, -0.25) is 10.1 Å². The molecular weight excluding hydrogens is 406 g/mol. The number of thioether (sulfide) groups is 1. The van der Waals surface area contributed by atoms with Gasteiger partial charge in [0, 0.05) is 12.0 Å². The quantitative estimate of drug-likeness (QED) is 0.599. The molecule has 0 unspecified atom stereocenters. The standard InChI is InChI=1S/C25H19N3O2S/c29-24-26-25(23(31-24)15-17-9-3-1-4-10-17)28-21(19-13-7-8-14-22(19)30-25)16-20(27-28)18-11-5-2-6-12-18/h1-15,21H,16H2,(H,26,29)/b23-15-/t21-,25-/m1/s1. The number of hydrogen-bond acceptors (Lipinski definition) is 5. The van der Waals surface area contributed by atoms with E-state index in [1.54, 1.807) is 0 Å². The van der Waals surface area contributed by atoms with Gasteiger partial charge in [-0.2, -0.15) is 5.10 Å². The molecule has 1 fully saturated rings. The molecule has 1 N–H and O–H groups in total. The summed E-state index contributed by atoms with van der Waals surface area (Å²) in [6.07, 6.45) is 2.74. The summed E-state index contributed by atoms with van der Waals surface area (Å²) in [5.41, 5.74) is 4.14. The molecule has 3 aromatic carbocycles. The normalized spacial score (nSPS) is 25.1. The van der Waals surface area contributed by atoms with E-state index in [1.165, 1.54) is 0 Å². The molecule has 6 rings (SSSR count). The van der Waals surface area contributed by atoms with E-state index in [0.29, 0.717) is 0 Å². The van der Waals surface area contributed by atoms with Gasteiger partial charge in [0.2, 0.25) is 0 Å². The molecule has 0 aliphatic carbocycles. The summed E-state index contributed by atoms with van der Waals surface area (Å²) >= 11 is 1.16. The molecule has 3 aliphatic rings. The molecule has 31 heavy (non-hydrogen) atoms. The van der Waals surface area contributed by atoms with Crippen LogP contribution in [0.5, 0.6) is 5.75 Å². The first-order valence-corrected chi connectivity index (χ1v) is 11.0. The first-order chi connectivity index (χ1) is 15.2. The molecule has 3 heterocycles.